The van der Waals surface area contributed by atoms with Crippen molar-refractivity contribution in [3.63, 3.8) is 0 Å². The predicted octanol–water partition coefficient (Wildman–Crippen LogP) is 3.72. The molecule has 0 aliphatic carbocycles. The van der Waals surface area contributed by atoms with Gasteiger partial charge in [-0.25, -0.2) is 0 Å². The molecule has 4 rings (SSSR count). The highest BCUT2D eigenvalue weighted by atomic mass is 16.5. The first-order valence-electron chi connectivity index (χ1n) is 11.0. The van der Waals surface area contributed by atoms with Crippen molar-refractivity contribution in [2.24, 2.45) is 0 Å². The molecule has 0 N–H and O–H groups in total. The third-order valence-corrected chi connectivity index (χ3v) is 6.69. The Morgan fingerprint density at radius 3 is 2.50 bits per heavy atom. The summed E-state index contributed by atoms with van der Waals surface area (Å²) in [5.41, 5.74) is 0.757. The van der Waals surface area contributed by atoms with Crippen molar-refractivity contribution in [2.75, 3.05) is 26.3 Å². The lowest BCUT2D eigenvalue weighted by Crippen LogP contribution is -2.52. The molecule has 3 saturated heterocycles. The molecule has 3 aliphatic heterocycles. The molecule has 0 saturated carbocycles. The first kappa shape index (κ1) is 19.7. The fourth-order valence-electron chi connectivity index (χ4n) is 5.16. The number of hydrogen-bond acceptors (Lipinski definition) is 4. The van der Waals surface area contributed by atoms with Crippen molar-refractivity contribution in [3.05, 3.63) is 29.8 Å². The number of likely N-dealkylation sites (tertiary alicyclic amines) is 2. The van der Waals surface area contributed by atoms with E-state index in [1.807, 2.05) is 29.2 Å². The van der Waals surface area contributed by atoms with E-state index in [1.54, 1.807) is 0 Å². The summed E-state index contributed by atoms with van der Waals surface area (Å²) in [4.78, 5) is 17.8. The molecule has 3 heterocycles. The lowest BCUT2D eigenvalue weighted by atomic mass is 10.0. The minimum atomic E-state index is 0.148. The Hall–Kier alpha value is -1.59. The Morgan fingerprint density at radius 2 is 1.82 bits per heavy atom. The van der Waals surface area contributed by atoms with Crippen molar-refractivity contribution in [1.29, 1.82) is 0 Å². The standard InChI is InChI=1S/C23H34N2O3/c1-17-7-8-18(2)25(17)20-5-3-13-24(15-20)23(26)19-9-11-21(12-10-19)28-16-22-6-4-14-27-22/h9-12,17-18,20,22H,3-8,13-16H2,1-2H3/t17-,18+,20-,22-/m0/s1. The van der Waals surface area contributed by atoms with Crippen LogP contribution >= 0.6 is 0 Å². The fourth-order valence-corrected chi connectivity index (χ4v) is 5.16. The molecule has 0 radical (unpaired) electrons. The van der Waals surface area contributed by atoms with E-state index in [9.17, 15) is 4.79 Å². The number of piperidine rings is 1. The SMILES string of the molecule is C[C@@H]1CC[C@H](C)N1[C@H]1CCCN(C(=O)c2ccc(OC[C@@H]3CCCO3)cc2)C1. The van der Waals surface area contributed by atoms with Crippen molar-refractivity contribution in [2.45, 2.75) is 76.6 Å². The number of hydrogen-bond donors (Lipinski definition) is 0. The van der Waals surface area contributed by atoms with Crippen LogP contribution in [0.3, 0.4) is 0 Å². The molecule has 3 aliphatic rings. The van der Waals surface area contributed by atoms with Crippen LogP contribution in [0, 0.1) is 0 Å². The monoisotopic (exact) mass is 386 g/mol. The first-order valence-corrected chi connectivity index (χ1v) is 11.0. The van der Waals surface area contributed by atoms with Gasteiger partial charge in [0.25, 0.3) is 5.91 Å². The Bertz CT molecular complexity index is 646. The minimum Gasteiger partial charge on any atom is -0.491 e. The summed E-state index contributed by atoms with van der Waals surface area (Å²) in [5, 5.41) is 0. The van der Waals surface area contributed by atoms with Crippen LogP contribution < -0.4 is 4.74 Å². The van der Waals surface area contributed by atoms with E-state index in [1.165, 1.54) is 19.3 Å². The summed E-state index contributed by atoms with van der Waals surface area (Å²) in [7, 11) is 0. The van der Waals surface area contributed by atoms with E-state index in [2.05, 4.69) is 18.7 Å². The molecular weight excluding hydrogens is 352 g/mol. The smallest absolute Gasteiger partial charge is 0.253 e. The zero-order valence-corrected chi connectivity index (χ0v) is 17.3. The zero-order valence-electron chi connectivity index (χ0n) is 17.3. The maximum absolute atomic E-state index is 13.0. The third kappa shape index (κ3) is 4.36. The van der Waals surface area contributed by atoms with Crippen molar-refractivity contribution in [1.82, 2.24) is 9.80 Å². The van der Waals surface area contributed by atoms with Gasteiger partial charge in [-0.2, -0.15) is 0 Å². The minimum absolute atomic E-state index is 0.148. The van der Waals surface area contributed by atoms with E-state index < -0.39 is 0 Å². The molecule has 4 atom stereocenters. The molecule has 1 aromatic carbocycles. The summed E-state index contributed by atoms with van der Waals surface area (Å²) in [6.45, 7) is 7.81. The van der Waals surface area contributed by atoms with Crippen LogP contribution in [0.4, 0.5) is 0 Å². The second-order valence-corrected chi connectivity index (χ2v) is 8.74. The quantitative estimate of drug-likeness (QED) is 0.773. The van der Waals surface area contributed by atoms with Crippen LogP contribution in [0.15, 0.2) is 24.3 Å². The molecule has 28 heavy (non-hydrogen) atoms. The van der Waals surface area contributed by atoms with Crippen LogP contribution in [0.2, 0.25) is 0 Å². The number of carbonyl (C=O) groups excluding carboxylic acids is 1. The molecule has 154 valence electrons. The van der Waals surface area contributed by atoms with Gasteiger partial charge in [-0.15, -0.1) is 0 Å². The molecule has 1 aromatic rings. The Balaban J connectivity index is 1.34. The molecule has 0 bridgehead atoms. The van der Waals surface area contributed by atoms with Gasteiger partial charge in [0.1, 0.15) is 12.4 Å². The summed E-state index contributed by atoms with van der Waals surface area (Å²) in [6, 6.07) is 9.39. The molecule has 1 amide bonds. The van der Waals surface area contributed by atoms with Crippen molar-refractivity contribution in [3.8, 4) is 5.75 Å². The third-order valence-electron chi connectivity index (χ3n) is 6.69. The van der Waals surface area contributed by atoms with Gasteiger partial charge in [0.2, 0.25) is 0 Å². The Morgan fingerprint density at radius 1 is 1.07 bits per heavy atom. The van der Waals surface area contributed by atoms with Gasteiger partial charge in [0.15, 0.2) is 0 Å². The Kier molecular flexibility index (Phi) is 6.22. The fraction of sp³-hybridized carbons (Fsp3) is 0.696. The summed E-state index contributed by atoms with van der Waals surface area (Å²) < 4.78 is 11.4. The number of benzene rings is 1. The predicted molar refractivity (Wildman–Crippen MR) is 110 cm³/mol. The topological polar surface area (TPSA) is 42.0 Å². The average molecular weight is 387 g/mol. The normalized spacial score (nSPS) is 31.3. The lowest BCUT2D eigenvalue weighted by Gasteiger charge is -2.41. The number of rotatable bonds is 5. The molecule has 5 heteroatoms. The van der Waals surface area contributed by atoms with Gasteiger partial charge >= 0.3 is 0 Å². The van der Waals surface area contributed by atoms with Crippen LogP contribution in [-0.2, 0) is 4.74 Å². The van der Waals surface area contributed by atoms with Crippen LogP contribution in [0.25, 0.3) is 0 Å². The molecule has 5 nitrogen and oxygen atoms in total. The molecule has 0 aromatic heterocycles. The van der Waals surface area contributed by atoms with Crippen molar-refractivity contribution < 1.29 is 14.3 Å². The van der Waals surface area contributed by atoms with Crippen molar-refractivity contribution >= 4 is 5.91 Å². The highest BCUT2D eigenvalue weighted by Gasteiger charge is 2.36. The molecular formula is C23H34N2O3. The van der Waals surface area contributed by atoms with Gasteiger partial charge in [0.05, 0.1) is 6.10 Å². The number of nitrogens with zero attached hydrogens (tertiary/aromatic N) is 2. The van der Waals surface area contributed by atoms with Crippen LogP contribution in [-0.4, -0.2) is 66.2 Å². The summed E-state index contributed by atoms with van der Waals surface area (Å²) in [5.74, 6) is 0.957. The molecule has 0 spiro atoms. The maximum Gasteiger partial charge on any atom is 0.253 e. The van der Waals surface area contributed by atoms with Gasteiger partial charge in [0, 0.05) is 43.4 Å². The molecule has 0 unspecified atom stereocenters. The van der Waals surface area contributed by atoms with E-state index in [-0.39, 0.29) is 12.0 Å². The van der Waals surface area contributed by atoms with Crippen LogP contribution in [0.1, 0.15) is 62.7 Å². The molecule has 3 fully saturated rings. The second kappa shape index (κ2) is 8.83. The highest BCUT2D eigenvalue weighted by Crippen LogP contribution is 2.30. The van der Waals surface area contributed by atoms with Gasteiger partial charge in [-0.1, -0.05) is 0 Å². The number of carbonyl (C=O) groups is 1. The second-order valence-electron chi connectivity index (χ2n) is 8.74. The summed E-state index contributed by atoms with van der Waals surface area (Å²) in [6.07, 6.45) is 7.25. The van der Waals surface area contributed by atoms with E-state index in [0.29, 0.717) is 24.7 Å². The lowest BCUT2D eigenvalue weighted by molar-refractivity contribution is 0.0487. The Labute approximate surface area is 169 Å². The van der Waals surface area contributed by atoms with Gasteiger partial charge in [-0.3, -0.25) is 9.69 Å². The largest absolute Gasteiger partial charge is 0.491 e. The maximum atomic E-state index is 13.0. The van der Waals surface area contributed by atoms with Crippen LogP contribution in [0.5, 0.6) is 5.75 Å². The highest BCUT2D eigenvalue weighted by molar-refractivity contribution is 5.94. The average Bonchev–Trinajstić information content (AvgIpc) is 3.36. The number of ether oxygens (including phenoxy) is 2. The van der Waals surface area contributed by atoms with E-state index in [0.717, 1.165) is 50.3 Å². The van der Waals surface area contributed by atoms with Gasteiger partial charge in [-0.05, 0) is 76.6 Å². The summed E-state index contributed by atoms with van der Waals surface area (Å²) >= 11 is 0. The van der Waals surface area contributed by atoms with E-state index in [4.69, 9.17) is 9.47 Å². The van der Waals surface area contributed by atoms with Gasteiger partial charge < -0.3 is 14.4 Å². The first-order chi connectivity index (χ1) is 13.6. The van der Waals surface area contributed by atoms with E-state index >= 15 is 0 Å². The zero-order chi connectivity index (χ0) is 19.5. The number of amides is 1.